The fourth-order valence-electron chi connectivity index (χ4n) is 4.07. The van der Waals surface area contributed by atoms with Crippen molar-refractivity contribution in [2.45, 2.75) is 25.8 Å². The van der Waals surface area contributed by atoms with Crippen LogP contribution >= 0.6 is 0 Å². The predicted molar refractivity (Wildman–Crippen MR) is 95.0 cm³/mol. The summed E-state index contributed by atoms with van der Waals surface area (Å²) in [7, 11) is 3.52. The van der Waals surface area contributed by atoms with Gasteiger partial charge >= 0.3 is 0 Å². The average molecular weight is 334 g/mol. The minimum Gasteiger partial charge on any atom is -0.496 e. The number of nitrogens with zero attached hydrogens (tertiary/aromatic N) is 1. The maximum atomic E-state index is 5.78. The first kappa shape index (κ1) is 17.5. The van der Waals surface area contributed by atoms with Gasteiger partial charge in [0.1, 0.15) is 11.5 Å². The minimum absolute atomic E-state index is 0.321. The molecule has 0 unspecified atom stereocenters. The Morgan fingerprint density at radius 1 is 1.08 bits per heavy atom. The standard InChI is InChI=1S/C19H30N2O3/c1-14-12-16(22-2)18(17(13-14)23-3)19(15-4-10-24-11-5-15)21-8-6-20-7-9-21/h12-13,15,19-20H,4-11H2,1-3H3/t19-/m0/s1. The van der Waals surface area contributed by atoms with E-state index in [1.807, 2.05) is 0 Å². The van der Waals surface area contributed by atoms with Gasteiger partial charge in [0.2, 0.25) is 0 Å². The van der Waals surface area contributed by atoms with Gasteiger partial charge in [0.05, 0.1) is 19.8 Å². The Bertz CT molecular complexity index is 494. The normalized spacial score (nSPS) is 21.5. The van der Waals surface area contributed by atoms with E-state index < -0.39 is 0 Å². The molecule has 5 nitrogen and oxygen atoms in total. The van der Waals surface area contributed by atoms with Crippen molar-refractivity contribution in [1.82, 2.24) is 10.2 Å². The molecule has 2 aliphatic heterocycles. The molecule has 2 fully saturated rings. The molecule has 0 saturated carbocycles. The lowest BCUT2D eigenvalue weighted by atomic mass is 9.84. The van der Waals surface area contributed by atoms with Gasteiger partial charge in [-0.1, -0.05) is 0 Å². The van der Waals surface area contributed by atoms with E-state index in [-0.39, 0.29) is 0 Å². The van der Waals surface area contributed by atoms with Crippen LogP contribution in [0.5, 0.6) is 11.5 Å². The Morgan fingerprint density at radius 3 is 2.21 bits per heavy atom. The van der Waals surface area contributed by atoms with Crippen molar-refractivity contribution < 1.29 is 14.2 Å². The lowest BCUT2D eigenvalue weighted by molar-refractivity contribution is 0.0199. The molecule has 0 spiro atoms. The first-order valence-electron chi connectivity index (χ1n) is 8.99. The summed E-state index contributed by atoms with van der Waals surface area (Å²) < 4.78 is 17.2. The Hall–Kier alpha value is -1.30. The molecular formula is C19H30N2O3. The van der Waals surface area contributed by atoms with Crippen molar-refractivity contribution in [2.24, 2.45) is 5.92 Å². The number of ether oxygens (including phenoxy) is 3. The molecule has 5 heteroatoms. The first-order chi connectivity index (χ1) is 11.7. The first-order valence-corrected chi connectivity index (χ1v) is 8.99. The third kappa shape index (κ3) is 3.68. The molecule has 1 atom stereocenters. The third-order valence-corrected chi connectivity index (χ3v) is 5.24. The van der Waals surface area contributed by atoms with Gasteiger partial charge in [-0.25, -0.2) is 0 Å². The number of aryl methyl sites for hydroxylation is 1. The van der Waals surface area contributed by atoms with Gasteiger partial charge in [-0.15, -0.1) is 0 Å². The highest BCUT2D eigenvalue weighted by Crippen LogP contribution is 2.44. The molecule has 24 heavy (non-hydrogen) atoms. The summed E-state index contributed by atoms with van der Waals surface area (Å²) in [5, 5.41) is 3.46. The van der Waals surface area contributed by atoms with Crippen LogP contribution in [0, 0.1) is 12.8 Å². The van der Waals surface area contributed by atoms with Crippen LogP contribution in [0.1, 0.15) is 30.0 Å². The summed E-state index contributed by atoms with van der Waals surface area (Å²) in [5.41, 5.74) is 2.37. The Kier molecular flexibility index (Phi) is 5.98. The second-order valence-electron chi connectivity index (χ2n) is 6.76. The van der Waals surface area contributed by atoms with Gasteiger partial charge in [0.25, 0.3) is 0 Å². The van der Waals surface area contributed by atoms with Crippen LogP contribution in [0.4, 0.5) is 0 Å². The van der Waals surface area contributed by atoms with Gasteiger partial charge in [0.15, 0.2) is 0 Å². The van der Waals surface area contributed by atoms with E-state index in [0.29, 0.717) is 12.0 Å². The molecule has 2 heterocycles. The second kappa shape index (κ2) is 8.19. The number of piperazine rings is 1. The average Bonchev–Trinajstić information content (AvgIpc) is 2.64. The summed E-state index contributed by atoms with van der Waals surface area (Å²) in [6.45, 7) is 7.98. The predicted octanol–water partition coefficient (Wildman–Crippen LogP) is 2.39. The molecule has 3 rings (SSSR count). The maximum Gasteiger partial charge on any atom is 0.127 e. The van der Waals surface area contributed by atoms with Crippen molar-refractivity contribution in [2.75, 3.05) is 53.6 Å². The van der Waals surface area contributed by atoms with Gasteiger partial charge in [0, 0.05) is 45.4 Å². The molecule has 0 aliphatic carbocycles. The topological polar surface area (TPSA) is 43.0 Å². The lowest BCUT2D eigenvalue weighted by Crippen LogP contribution is -2.47. The highest BCUT2D eigenvalue weighted by molar-refractivity contribution is 5.50. The van der Waals surface area contributed by atoms with Crippen LogP contribution in [0.3, 0.4) is 0 Å². The molecule has 0 aromatic heterocycles. The third-order valence-electron chi connectivity index (χ3n) is 5.24. The van der Waals surface area contributed by atoms with Crippen LogP contribution in [0.2, 0.25) is 0 Å². The van der Waals surface area contributed by atoms with Crippen molar-refractivity contribution in [3.63, 3.8) is 0 Å². The summed E-state index contributed by atoms with van der Waals surface area (Å²) in [5.74, 6) is 2.46. The van der Waals surface area contributed by atoms with Crippen LogP contribution < -0.4 is 14.8 Å². The van der Waals surface area contributed by atoms with E-state index in [2.05, 4.69) is 29.3 Å². The summed E-state index contributed by atoms with van der Waals surface area (Å²) >= 11 is 0. The Labute approximate surface area is 145 Å². The summed E-state index contributed by atoms with van der Waals surface area (Å²) in [6, 6.07) is 4.58. The summed E-state index contributed by atoms with van der Waals surface area (Å²) in [6.07, 6.45) is 2.18. The highest BCUT2D eigenvalue weighted by atomic mass is 16.5. The fourth-order valence-corrected chi connectivity index (χ4v) is 4.07. The van der Waals surface area contributed by atoms with Crippen molar-refractivity contribution in [1.29, 1.82) is 0 Å². The molecule has 1 aromatic carbocycles. The van der Waals surface area contributed by atoms with Gasteiger partial charge in [-0.3, -0.25) is 4.90 Å². The van der Waals surface area contributed by atoms with Crippen LogP contribution in [-0.4, -0.2) is 58.5 Å². The SMILES string of the molecule is COc1cc(C)cc(OC)c1[C@H](C1CCOCC1)N1CCNCC1. The summed E-state index contributed by atoms with van der Waals surface area (Å²) in [4.78, 5) is 2.60. The zero-order valence-electron chi connectivity index (χ0n) is 15.1. The van der Waals surface area contributed by atoms with Gasteiger partial charge in [-0.05, 0) is 43.4 Å². The Balaban J connectivity index is 2.03. The molecule has 1 aromatic rings. The molecule has 0 amide bonds. The highest BCUT2D eigenvalue weighted by Gasteiger charge is 2.35. The van der Waals surface area contributed by atoms with E-state index in [1.54, 1.807) is 14.2 Å². The largest absolute Gasteiger partial charge is 0.496 e. The molecule has 0 radical (unpaired) electrons. The van der Waals surface area contributed by atoms with Crippen LogP contribution in [-0.2, 0) is 4.74 Å². The van der Waals surface area contributed by atoms with Crippen molar-refractivity contribution in [3.05, 3.63) is 23.3 Å². The quantitative estimate of drug-likeness (QED) is 0.896. The van der Waals surface area contributed by atoms with E-state index in [1.165, 1.54) is 11.1 Å². The van der Waals surface area contributed by atoms with E-state index in [4.69, 9.17) is 14.2 Å². The van der Waals surface area contributed by atoms with Crippen LogP contribution in [0.15, 0.2) is 12.1 Å². The maximum absolute atomic E-state index is 5.78. The number of rotatable bonds is 5. The number of benzene rings is 1. The van der Waals surface area contributed by atoms with Gasteiger partial charge in [-0.2, -0.15) is 0 Å². The lowest BCUT2D eigenvalue weighted by Gasteiger charge is -2.42. The number of nitrogens with one attached hydrogen (secondary N) is 1. The molecule has 1 N–H and O–H groups in total. The molecule has 134 valence electrons. The Morgan fingerprint density at radius 2 is 1.67 bits per heavy atom. The van der Waals surface area contributed by atoms with Gasteiger partial charge < -0.3 is 19.5 Å². The number of methoxy groups -OCH3 is 2. The van der Waals surface area contributed by atoms with E-state index in [0.717, 1.165) is 63.7 Å². The van der Waals surface area contributed by atoms with Crippen molar-refractivity contribution >= 4 is 0 Å². The smallest absolute Gasteiger partial charge is 0.127 e. The van der Waals surface area contributed by atoms with Crippen molar-refractivity contribution in [3.8, 4) is 11.5 Å². The molecule has 2 saturated heterocycles. The molecule has 0 bridgehead atoms. The molecular weight excluding hydrogens is 304 g/mol. The zero-order valence-corrected chi connectivity index (χ0v) is 15.1. The molecule has 2 aliphatic rings. The zero-order chi connectivity index (χ0) is 16.9. The van der Waals surface area contributed by atoms with E-state index >= 15 is 0 Å². The number of hydrogen-bond donors (Lipinski definition) is 1. The minimum atomic E-state index is 0.321. The number of hydrogen-bond acceptors (Lipinski definition) is 5. The monoisotopic (exact) mass is 334 g/mol. The van der Waals surface area contributed by atoms with E-state index in [9.17, 15) is 0 Å². The second-order valence-corrected chi connectivity index (χ2v) is 6.76. The van der Waals surface area contributed by atoms with Crippen LogP contribution in [0.25, 0.3) is 0 Å². The fraction of sp³-hybridized carbons (Fsp3) is 0.684.